The first-order valence-electron chi connectivity index (χ1n) is 6.88. The van der Waals surface area contributed by atoms with Gasteiger partial charge in [-0.05, 0) is 18.2 Å². The van der Waals surface area contributed by atoms with Crippen LogP contribution in [0.5, 0.6) is 0 Å². The molecule has 0 radical (unpaired) electrons. The zero-order valence-corrected chi connectivity index (χ0v) is 12.8. The van der Waals surface area contributed by atoms with E-state index in [0.717, 1.165) is 0 Å². The molecular formula is C17H14ClNO4. The van der Waals surface area contributed by atoms with E-state index in [9.17, 15) is 14.4 Å². The van der Waals surface area contributed by atoms with Crippen LogP contribution in [0.25, 0.3) is 0 Å². The quantitative estimate of drug-likeness (QED) is 0.795. The highest BCUT2D eigenvalue weighted by Crippen LogP contribution is 2.24. The third-order valence-electron chi connectivity index (χ3n) is 3.10. The van der Waals surface area contributed by atoms with Crippen molar-refractivity contribution in [1.29, 1.82) is 0 Å². The van der Waals surface area contributed by atoms with Gasteiger partial charge in [-0.15, -0.1) is 0 Å². The van der Waals surface area contributed by atoms with Gasteiger partial charge in [0.15, 0.2) is 5.78 Å². The second-order valence-electron chi connectivity index (χ2n) is 4.83. The Bertz CT molecular complexity index is 744. The maximum absolute atomic E-state index is 12.5. The van der Waals surface area contributed by atoms with Crippen molar-refractivity contribution in [3.05, 3.63) is 64.7 Å². The number of hydrogen-bond donors (Lipinski definition) is 2. The number of amides is 1. The number of carboxylic acid groups (broad SMARTS) is 1. The Kier molecular flexibility index (Phi) is 5.49. The number of carbonyl (C=O) groups is 3. The average molecular weight is 332 g/mol. The Morgan fingerprint density at radius 3 is 2.35 bits per heavy atom. The maximum atomic E-state index is 12.5. The number of aliphatic carboxylic acids is 1. The summed E-state index contributed by atoms with van der Waals surface area (Å²) < 4.78 is 0. The third-order valence-corrected chi connectivity index (χ3v) is 3.34. The Balaban J connectivity index is 2.25. The van der Waals surface area contributed by atoms with E-state index >= 15 is 0 Å². The fourth-order valence-corrected chi connectivity index (χ4v) is 2.17. The number of rotatable bonds is 6. The summed E-state index contributed by atoms with van der Waals surface area (Å²) in [5.74, 6) is -1.81. The molecule has 0 saturated carbocycles. The molecular weight excluding hydrogens is 318 g/mol. The molecule has 0 aromatic heterocycles. The molecule has 0 aliphatic carbocycles. The minimum atomic E-state index is -1.06. The summed E-state index contributed by atoms with van der Waals surface area (Å²) in [6, 6.07) is 13.2. The minimum Gasteiger partial charge on any atom is -0.481 e. The average Bonchev–Trinajstić information content (AvgIpc) is 2.53. The molecule has 2 aromatic rings. The standard InChI is InChI=1S/C17H14ClNO4/c18-12-6-7-13(17(23)11-4-2-1-3-5-11)14(10-12)19-15(20)8-9-16(21)22/h1-7,10H,8-9H2,(H,19,20)(H,21,22). The lowest BCUT2D eigenvalue weighted by atomic mass is 10.0. The number of carbonyl (C=O) groups excluding carboxylic acids is 2. The molecule has 23 heavy (non-hydrogen) atoms. The number of carboxylic acids is 1. The normalized spacial score (nSPS) is 10.1. The number of nitrogens with one attached hydrogen (secondary N) is 1. The van der Waals surface area contributed by atoms with Crippen molar-refractivity contribution in [1.82, 2.24) is 0 Å². The molecule has 5 nitrogen and oxygen atoms in total. The molecule has 2 N–H and O–H groups in total. The van der Waals surface area contributed by atoms with Crippen LogP contribution >= 0.6 is 11.6 Å². The van der Waals surface area contributed by atoms with E-state index in [1.165, 1.54) is 12.1 Å². The molecule has 2 aromatic carbocycles. The van der Waals surface area contributed by atoms with Gasteiger partial charge in [-0.2, -0.15) is 0 Å². The lowest BCUT2D eigenvalue weighted by Gasteiger charge is -2.11. The van der Waals surface area contributed by atoms with Gasteiger partial charge < -0.3 is 10.4 Å². The molecule has 0 aliphatic heterocycles. The van der Waals surface area contributed by atoms with Crippen LogP contribution in [0.15, 0.2) is 48.5 Å². The van der Waals surface area contributed by atoms with Gasteiger partial charge in [0.25, 0.3) is 0 Å². The molecule has 0 fully saturated rings. The van der Waals surface area contributed by atoms with Crippen LogP contribution in [0.4, 0.5) is 5.69 Å². The van der Waals surface area contributed by atoms with Crippen LogP contribution in [0, 0.1) is 0 Å². The molecule has 0 saturated heterocycles. The highest BCUT2D eigenvalue weighted by atomic mass is 35.5. The van der Waals surface area contributed by atoms with Crippen LogP contribution in [0.2, 0.25) is 5.02 Å². The molecule has 0 aliphatic rings. The predicted molar refractivity (Wildman–Crippen MR) is 86.8 cm³/mol. The third kappa shape index (κ3) is 4.66. The second kappa shape index (κ2) is 7.56. The van der Waals surface area contributed by atoms with Gasteiger partial charge in [0.1, 0.15) is 0 Å². The van der Waals surface area contributed by atoms with Gasteiger partial charge in [-0.3, -0.25) is 14.4 Å². The van der Waals surface area contributed by atoms with Gasteiger partial charge in [0.2, 0.25) is 5.91 Å². The zero-order chi connectivity index (χ0) is 16.8. The SMILES string of the molecule is O=C(O)CCC(=O)Nc1cc(Cl)ccc1C(=O)c1ccccc1. The van der Waals surface area contributed by atoms with E-state index in [1.54, 1.807) is 36.4 Å². The number of anilines is 1. The van der Waals surface area contributed by atoms with Crippen LogP contribution in [-0.4, -0.2) is 22.8 Å². The van der Waals surface area contributed by atoms with Crippen molar-refractivity contribution < 1.29 is 19.5 Å². The monoisotopic (exact) mass is 331 g/mol. The van der Waals surface area contributed by atoms with Crippen LogP contribution in [0.3, 0.4) is 0 Å². The first-order chi connectivity index (χ1) is 11.0. The summed E-state index contributed by atoms with van der Waals surface area (Å²) in [7, 11) is 0. The van der Waals surface area contributed by atoms with Crippen LogP contribution < -0.4 is 5.32 Å². The topological polar surface area (TPSA) is 83.5 Å². The van der Waals surface area contributed by atoms with E-state index in [0.29, 0.717) is 16.1 Å². The zero-order valence-electron chi connectivity index (χ0n) is 12.1. The molecule has 0 atom stereocenters. The van der Waals surface area contributed by atoms with E-state index in [4.69, 9.17) is 16.7 Å². The predicted octanol–water partition coefficient (Wildman–Crippen LogP) is 3.37. The van der Waals surface area contributed by atoms with Crippen molar-refractivity contribution in [3.63, 3.8) is 0 Å². The Morgan fingerprint density at radius 1 is 1.00 bits per heavy atom. The van der Waals surface area contributed by atoms with E-state index in [-0.39, 0.29) is 24.3 Å². The smallest absolute Gasteiger partial charge is 0.303 e. The van der Waals surface area contributed by atoms with Crippen molar-refractivity contribution >= 4 is 34.9 Å². The van der Waals surface area contributed by atoms with Crippen molar-refractivity contribution in [2.24, 2.45) is 0 Å². The molecule has 0 unspecified atom stereocenters. The van der Waals surface area contributed by atoms with Gasteiger partial charge >= 0.3 is 5.97 Å². The van der Waals surface area contributed by atoms with Gasteiger partial charge in [0.05, 0.1) is 12.1 Å². The van der Waals surface area contributed by atoms with Gasteiger partial charge in [-0.25, -0.2) is 0 Å². The lowest BCUT2D eigenvalue weighted by molar-refractivity contribution is -0.138. The number of benzene rings is 2. The van der Waals surface area contributed by atoms with E-state index in [1.807, 2.05) is 0 Å². The lowest BCUT2D eigenvalue weighted by Crippen LogP contribution is -2.16. The number of hydrogen-bond acceptors (Lipinski definition) is 3. The van der Waals surface area contributed by atoms with Crippen LogP contribution in [-0.2, 0) is 9.59 Å². The Morgan fingerprint density at radius 2 is 1.70 bits per heavy atom. The number of ketones is 1. The summed E-state index contributed by atoms with van der Waals surface area (Å²) >= 11 is 5.92. The second-order valence-corrected chi connectivity index (χ2v) is 5.26. The number of halogens is 1. The van der Waals surface area contributed by atoms with Crippen molar-refractivity contribution in [2.45, 2.75) is 12.8 Å². The summed E-state index contributed by atoms with van der Waals surface area (Å²) in [5.41, 5.74) is 1.04. The van der Waals surface area contributed by atoms with E-state index in [2.05, 4.69) is 5.32 Å². The highest BCUT2D eigenvalue weighted by molar-refractivity contribution is 6.31. The highest BCUT2D eigenvalue weighted by Gasteiger charge is 2.16. The first kappa shape index (κ1) is 16.7. The van der Waals surface area contributed by atoms with Crippen molar-refractivity contribution in [3.8, 4) is 0 Å². The maximum Gasteiger partial charge on any atom is 0.303 e. The van der Waals surface area contributed by atoms with Gasteiger partial charge in [-0.1, -0.05) is 41.9 Å². The summed E-state index contributed by atoms with van der Waals surface area (Å²) in [6.45, 7) is 0. The first-order valence-corrected chi connectivity index (χ1v) is 7.26. The van der Waals surface area contributed by atoms with E-state index < -0.39 is 11.9 Å². The Hall–Kier alpha value is -2.66. The summed E-state index contributed by atoms with van der Waals surface area (Å²) in [4.78, 5) is 34.9. The Labute approximate surface area is 137 Å². The minimum absolute atomic E-state index is 0.180. The largest absolute Gasteiger partial charge is 0.481 e. The van der Waals surface area contributed by atoms with Crippen molar-refractivity contribution in [2.75, 3.05) is 5.32 Å². The molecule has 1 amide bonds. The van der Waals surface area contributed by atoms with Gasteiger partial charge in [0, 0.05) is 22.6 Å². The molecule has 6 heteroatoms. The molecule has 0 heterocycles. The molecule has 0 bridgehead atoms. The molecule has 118 valence electrons. The summed E-state index contributed by atoms with van der Waals surface area (Å²) in [6.07, 6.45) is -0.463. The molecule has 2 rings (SSSR count). The molecule has 0 spiro atoms. The fourth-order valence-electron chi connectivity index (χ4n) is 2.00. The van der Waals surface area contributed by atoms with Crippen LogP contribution in [0.1, 0.15) is 28.8 Å². The fraction of sp³-hybridized carbons (Fsp3) is 0.118. The summed E-state index contributed by atoms with van der Waals surface area (Å²) in [5, 5.41) is 11.5.